The summed E-state index contributed by atoms with van der Waals surface area (Å²) in [5.74, 6) is -1.19. The van der Waals surface area contributed by atoms with E-state index >= 15 is 0 Å². The van der Waals surface area contributed by atoms with Crippen molar-refractivity contribution in [2.24, 2.45) is 5.73 Å². The SMILES string of the molecule is CCc1cnccc1C(N)c1c(F)ccc(C)c1F. The monoisotopic (exact) mass is 262 g/mol. The van der Waals surface area contributed by atoms with Crippen molar-refractivity contribution < 1.29 is 8.78 Å². The van der Waals surface area contributed by atoms with Crippen molar-refractivity contribution >= 4 is 0 Å². The van der Waals surface area contributed by atoms with Crippen LogP contribution in [0.2, 0.25) is 0 Å². The van der Waals surface area contributed by atoms with Crippen molar-refractivity contribution in [3.63, 3.8) is 0 Å². The van der Waals surface area contributed by atoms with E-state index in [2.05, 4.69) is 4.98 Å². The number of nitrogens with two attached hydrogens (primary N) is 1. The Kier molecular flexibility index (Phi) is 3.90. The van der Waals surface area contributed by atoms with Gasteiger partial charge in [-0.05, 0) is 42.2 Å². The molecule has 2 rings (SSSR count). The first kappa shape index (κ1) is 13.6. The summed E-state index contributed by atoms with van der Waals surface area (Å²) in [6, 6.07) is 3.55. The number of aryl methyl sites for hydroxylation is 2. The Hall–Kier alpha value is -1.81. The van der Waals surface area contributed by atoms with E-state index in [9.17, 15) is 8.78 Å². The maximum Gasteiger partial charge on any atom is 0.134 e. The fourth-order valence-corrected chi connectivity index (χ4v) is 2.16. The summed E-state index contributed by atoms with van der Waals surface area (Å²) in [5, 5.41) is 0. The number of benzene rings is 1. The van der Waals surface area contributed by atoms with E-state index in [0.717, 1.165) is 5.56 Å². The summed E-state index contributed by atoms with van der Waals surface area (Å²) >= 11 is 0. The number of nitrogens with zero attached hydrogens (tertiary/aromatic N) is 1. The summed E-state index contributed by atoms with van der Waals surface area (Å²) in [7, 11) is 0. The molecule has 0 aliphatic rings. The third kappa shape index (κ3) is 2.49. The molecule has 4 heteroatoms. The van der Waals surface area contributed by atoms with E-state index in [1.807, 2.05) is 6.92 Å². The van der Waals surface area contributed by atoms with Gasteiger partial charge in [-0.1, -0.05) is 13.0 Å². The Morgan fingerprint density at radius 3 is 2.68 bits per heavy atom. The van der Waals surface area contributed by atoms with E-state index in [1.54, 1.807) is 25.4 Å². The average Bonchev–Trinajstić information content (AvgIpc) is 2.43. The molecule has 0 aliphatic carbocycles. The second-order valence-electron chi connectivity index (χ2n) is 4.50. The van der Waals surface area contributed by atoms with Gasteiger partial charge in [0.2, 0.25) is 0 Å². The number of hydrogen-bond donors (Lipinski definition) is 1. The minimum Gasteiger partial charge on any atom is -0.320 e. The van der Waals surface area contributed by atoms with Gasteiger partial charge in [-0.15, -0.1) is 0 Å². The molecule has 1 heterocycles. The lowest BCUT2D eigenvalue weighted by Gasteiger charge is -2.18. The number of pyridine rings is 1. The van der Waals surface area contributed by atoms with Crippen LogP contribution in [-0.2, 0) is 6.42 Å². The molecule has 0 saturated carbocycles. The maximum absolute atomic E-state index is 14.1. The second kappa shape index (κ2) is 5.45. The maximum atomic E-state index is 14.1. The molecule has 0 radical (unpaired) electrons. The summed E-state index contributed by atoms with van der Waals surface area (Å²) in [6.45, 7) is 3.55. The molecule has 0 fully saturated rings. The van der Waals surface area contributed by atoms with Crippen molar-refractivity contribution in [1.29, 1.82) is 0 Å². The minimum atomic E-state index is -0.821. The summed E-state index contributed by atoms with van der Waals surface area (Å²) in [6.07, 6.45) is 3.98. The van der Waals surface area contributed by atoms with Crippen LogP contribution in [0.1, 0.15) is 35.2 Å². The standard InChI is InChI=1S/C15H16F2N2/c1-3-10-8-19-7-6-11(10)15(18)13-12(16)5-4-9(2)14(13)17/h4-8,15H,3,18H2,1-2H3. The van der Waals surface area contributed by atoms with Gasteiger partial charge in [-0.25, -0.2) is 8.78 Å². The molecule has 2 nitrogen and oxygen atoms in total. The normalized spacial score (nSPS) is 12.5. The molecule has 1 atom stereocenters. The quantitative estimate of drug-likeness (QED) is 0.922. The van der Waals surface area contributed by atoms with Gasteiger partial charge in [0.05, 0.1) is 6.04 Å². The smallest absolute Gasteiger partial charge is 0.134 e. The zero-order valence-electron chi connectivity index (χ0n) is 11.0. The molecule has 1 unspecified atom stereocenters. The minimum absolute atomic E-state index is 0.0825. The molecule has 0 amide bonds. The van der Waals surface area contributed by atoms with Crippen molar-refractivity contribution in [3.05, 3.63) is 64.5 Å². The highest BCUT2D eigenvalue weighted by molar-refractivity contribution is 5.38. The molecular weight excluding hydrogens is 246 g/mol. The highest BCUT2D eigenvalue weighted by Crippen LogP contribution is 2.28. The van der Waals surface area contributed by atoms with Crippen LogP contribution in [0.3, 0.4) is 0 Å². The van der Waals surface area contributed by atoms with E-state index in [0.29, 0.717) is 17.5 Å². The Labute approximate surface area is 111 Å². The molecule has 100 valence electrons. The largest absolute Gasteiger partial charge is 0.320 e. The first-order chi connectivity index (χ1) is 9.06. The molecule has 2 N–H and O–H groups in total. The van der Waals surface area contributed by atoms with Gasteiger partial charge >= 0.3 is 0 Å². The van der Waals surface area contributed by atoms with Crippen molar-refractivity contribution in [2.75, 3.05) is 0 Å². The van der Waals surface area contributed by atoms with E-state index in [1.165, 1.54) is 12.1 Å². The van der Waals surface area contributed by atoms with E-state index < -0.39 is 17.7 Å². The zero-order chi connectivity index (χ0) is 14.0. The van der Waals surface area contributed by atoms with Gasteiger partial charge in [0, 0.05) is 18.0 Å². The number of hydrogen-bond acceptors (Lipinski definition) is 2. The lowest BCUT2D eigenvalue weighted by molar-refractivity contribution is 0.537. The van der Waals surface area contributed by atoms with Crippen LogP contribution in [0.5, 0.6) is 0 Å². The van der Waals surface area contributed by atoms with E-state index in [4.69, 9.17) is 5.73 Å². The second-order valence-corrected chi connectivity index (χ2v) is 4.50. The zero-order valence-corrected chi connectivity index (χ0v) is 11.0. The Balaban J connectivity index is 2.56. The molecule has 1 aromatic carbocycles. The number of halogens is 2. The molecule has 0 aliphatic heterocycles. The van der Waals surface area contributed by atoms with Gasteiger partial charge in [-0.2, -0.15) is 0 Å². The van der Waals surface area contributed by atoms with E-state index in [-0.39, 0.29) is 5.56 Å². The Morgan fingerprint density at radius 2 is 2.00 bits per heavy atom. The highest BCUT2D eigenvalue weighted by atomic mass is 19.1. The highest BCUT2D eigenvalue weighted by Gasteiger charge is 2.21. The number of aromatic nitrogens is 1. The van der Waals surface area contributed by atoms with Crippen LogP contribution in [0.25, 0.3) is 0 Å². The molecule has 19 heavy (non-hydrogen) atoms. The predicted molar refractivity (Wildman–Crippen MR) is 70.7 cm³/mol. The molecule has 0 saturated heterocycles. The van der Waals surface area contributed by atoms with Gasteiger partial charge in [0.15, 0.2) is 0 Å². The van der Waals surface area contributed by atoms with Crippen molar-refractivity contribution in [3.8, 4) is 0 Å². The van der Waals surface area contributed by atoms with Crippen LogP contribution in [0.15, 0.2) is 30.6 Å². The fraction of sp³-hybridized carbons (Fsp3) is 0.267. The molecule has 2 aromatic rings. The lowest BCUT2D eigenvalue weighted by atomic mass is 9.93. The fourth-order valence-electron chi connectivity index (χ4n) is 2.16. The average molecular weight is 262 g/mol. The van der Waals surface area contributed by atoms with Crippen molar-refractivity contribution in [1.82, 2.24) is 4.98 Å². The van der Waals surface area contributed by atoms with Gasteiger partial charge in [-0.3, -0.25) is 4.98 Å². The Bertz CT molecular complexity index is 597. The Morgan fingerprint density at radius 1 is 1.26 bits per heavy atom. The van der Waals surface area contributed by atoms with Crippen molar-refractivity contribution in [2.45, 2.75) is 26.3 Å². The first-order valence-electron chi connectivity index (χ1n) is 6.19. The molecule has 1 aromatic heterocycles. The lowest BCUT2D eigenvalue weighted by Crippen LogP contribution is -2.18. The van der Waals surface area contributed by atoms with Gasteiger partial charge < -0.3 is 5.73 Å². The molecular formula is C15H16F2N2. The summed E-state index contributed by atoms with van der Waals surface area (Å²) < 4.78 is 28.0. The predicted octanol–water partition coefficient (Wildman–Crippen LogP) is 3.28. The summed E-state index contributed by atoms with van der Waals surface area (Å²) in [5.41, 5.74) is 7.97. The topological polar surface area (TPSA) is 38.9 Å². The third-order valence-electron chi connectivity index (χ3n) is 3.29. The molecule has 0 bridgehead atoms. The van der Waals surface area contributed by atoms with Gasteiger partial charge in [0.1, 0.15) is 11.6 Å². The number of rotatable bonds is 3. The molecule has 0 spiro atoms. The first-order valence-corrected chi connectivity index (χ1v) is 6.19. The summed E-state index contributed by atoms with van der Waals surface area (Å²) in [4.78, 5) is 4.01. The third-order valence-corrected chi connectivity index (χ3v) is 3.29. The van der Waals surface area contributed by atoms with Crippen LogP contribution in [0, 0.1) is 18.6 Å². The van der Waals surface area contributed by atoms with Crippen LogP contribution >= 0.6 is 0 Å². The van der Waals surface area contributed by atoms with Crippen LogP contribution in [0.4, 0.5) is 8.78 Å². The van der Waals surface area contributed by atoms with Crippen LogP contribution < -0.4 is 5.73 Å². The van der Waals surface area contributed by atoms with Crippen LogP contribution in [-0.4, -0.2) is 4.98 Å². The van der Waals surface area contributed by atoms with Gasteiger partial charge in [0.25, 0.3) is 0 Å².